The molecule has 0 saturated carbocycles. The van der Waals surface area contributed by atoms with Crippen molar-refractivity contribution in [2.75, 3.05) is 18.7 Å². The van der Waals surface area contributed by atoms with E-state index in [4.69, 9.17) is 14.2 Å². The van der Waals surface area contributed by atoms with Gasteiger partial charge in [0.25, 0.3) is 0 Å². The van der Waals surface area contributed by atoms with Gasteiger partial charge in [-0.2, -0.15) is 0 Å². The lowest BCUT2D eigenvalue weighted by Crippen LogP contribution is -2.27. The van der Waals surface area contributed by atoms with E-state index in [1.807, 2.05) is 6.07 Å². The standard InChI is InChI=1S/C19H22N2O5/c1-5-24-19(23)16-10(2)17(21-11(16)3)18(22)12(4)20-13-6-7-14-15(8-13)26-9-25-14/h6-8,12,20-21H,5,9H2,1-4H3/t12-/m0/s1. The molecule has 26 heavy (non-hydrogen) atoms. The molecule has 1 aliphatic heterocycles. The third kappa shape index (κ3) is 3.24. The Bertz CT molecular complexity index is 856. The number of hydrogen-bond donors (Lipinski definition) is 2. The Morgan fingerprint density at radius 3 is 2.73 bits per heavy atom. The molecule has 0 fully saturated rings. The summed E-state index contributed by atoms with van der Waals surface area (Å²) in [6.07, 6.45) is 0. The van der Waals surface area contributed by atoms with Crippen LogP contribution in [0.15, 0.2) is 18.2 Å². The van der Waals surface area contributed by atoms with E-state index in [9.17, 15) is 9.59 Å². The monoisotopic (exact) mass is 358 g/mol. The molecule has 0 saturated heterocycles. The fourth-order valence-electron chi connectivity index (χ4n) is 3.02. The van der Waals surface area contributed by atoms with Gasteiger partial charge in [-0.3, -0.25) is 4.79 Å². The molecule has 2 heterocycles. The number of anilines is 1. The van der Waals surface area contributed by atoms with Crippen LogP contribution in [0.4, 0.5) is 5.69 Å². The fraction of sp³-hybridized carbons (Fsp3) is 0.368. The summed E-state index contributed by atoms with van der Waals surface area (Å²) in [6, 6.07) is 4.92. The van der Waals surface area contributed by atoms with E-state index in [0.717, 1.165) is 5.69 Å². The van der Waals surface area contributed by atoms with Crippen LogP contribution in [0.3, 0.4) is 0 Å². The molecule has 2 aromatic rings. The number of ketones is 1. The van der Waals surface area contributed by atoms with Crippen LogP contribution >= 0.6 is 0 Å². The molecule has 7 heteroatoms. The third-order valence-corrected chi connectivity index (χ3v) is 4.31. The number of carbonyl (C=O) groups is 2. The minimum Gasteiger partial charge on any atom is -0.462 e. The number of aryl methyl sites for hydroxylation is 1. The molecule has 0 unspecified atom stereocenters. The molecule has 0 amide bonds. The molecule has 0 radical (unpaired) electrons. The van der Waals surface area contributed by atoms with Crippen molar-refractivity contribution < 1.29 is 23.8 Å². The zero-order chi connectivity index (χ0) is 18.8. The minimum absolute atomic E-state index is 0.140. The number of ether oxygens (including phenoxy) is 3. The summed E-state index contributed by atoms with van der Waals surface area (Å²) >= 11 is 0. The van der Waals surface area contributed by atoms with Crippen LogP contribution in [-0.2, 0) is 4.74 Å². The molecule has 3 rings (SSSR count). The molecule has 0 spiro atoms. The van der Waals surface area contributed by atoms with Crippen LogP contribution in [0.25, 0.3) is 0 Å². The van der Waals surface area contributed by atoms with Gasteiger partial charge in [0.15, 0.2) is 11.5 Å². The number of aromatic amines is 1. The van der Waals surface area contributed by atoms with Gasteiger partial charge in [-0.1, -0.05) is 0 Å². The van der Waals surface area contributed by atoms with Crippen molar-refractivity contribution in [2.45, 2.75) is 33.7 Å². The molecular weight excluding hydrogens is 336 g/mol. The van der Waals surface area contributed by atoms with Gasteiger partial charge in [0.2, 0.25) is 12.6 Å². The summed E-state index contributed by atoms with van der Waals surface area (Å²) in [4.78, 5) is 28.0. The average molecular weight is 358 g/mol. The Morgan fingerprint density at radius 2 is 2.00 bits per heavy atom. The molecule has 1 atom stereocenters. The van der Waals surface area contributed by atoms with E-state index >= 15 is 0 Å². The van der Waals surface area contributed by atoms with Crippen LogP contribution in [0, 0.1) is 13.8 Å². The lowest BCUT2D eigenvalue weighted by Gasteiger charge is -2.14. The zero-order valence-corrected chi connectivity index (χ0v) is 15.3. The number of nitrogens with one attached hydrogen (secondary N) is 2. The van der Waals surface area contributed by atoms with Gasteiger partial charge in [-0.15, -0.1) is 0 Å². The van der Waals surface area contributed by atoms with E-state index in [1.165, 1.54) is 0 Å². The van der Waals surface area contributed by atoms with E-state index < -0.39 is 12.0 Å². The number of rotatable bonds is 6. The lowest BCUT2D eigenvalue weighted by molar-refractivity contribution is 0.0525. The van der Waals surface area contributed by atoms with E-state index in [2.05, 4.69) is 10.3 Å². The second-order valence-electron chi connectivity index (χ2n) is 6.14. The van der Waals surface area contributed by atoms with Gasteiger partial charge >= 0.3 is 5.97 Å². The van der Waals surface area contributed by atoms with Crippen LogP contribution in [0.5, 0.6) is 11.5 Å². The van der Waals surface area contributed by atoms with Crippen molar-refractivity contribution in [3.63, 3.8) is 0 Å². The molecule has 1 aromatic carbocycles. The highest BCUT2D eigenvalue weighted by Gasteiger charge is 2.26. The number of aromatic nitrogens is 1. The maximum atomic E-state index is 12.8. The highest BCUT2D eigenvalue weighted by atomic mass is 16.7. The van der Waals surface area contributed by atoms with Gasteiger partial charge < -0.3 is 24.5 Å². The topological polar surface area (TPSA) is 89.7 Å². The Hall–Kier alpha value is -2.96. The molecule has 2 N–H and O–H groups in total. The number of H-pyrrole nitrogens is 1. The summed E-state index contributed by atoms with van der Waals surface area (Å²) < 4.78 is 15.7. The Labute approximate surface area is 151 Å². The van der Waals surface area contributed by atoms with E-state index in [-0.39, 0.29) is 19.2 Å². The van der Waals surface area contributed by atoms with Gasteiger partial charge in [-0.25, -0.2) is 4.79 Å². The number of fused-ring (bicyclic) bond motifs is 1. The molecule has 1 aromatic heterocycles. The third-order valence-electron chi connectivity index (χ3n) is 4.31. The predicted molar refractivity (Wildman–Crippen MR) is 96.2 cm³/mol. The molecule has 7 nitrogen and oxygen atoms in total. The van der Waals surface area contributed by atoms with Gasteiger partial charge in [0.05, 0.1) is 23.9 Å². The summed E-state index contributed by atoms with van der Waals surface area (Å²) in [5, 5.41) is 3.16. The smallest absolute Gasteiger partial charge is 0.340 e. The van der Waals surface area contributed by atoms with Crippen molar-refractivity contribution in [1.29, 1.82) is 0 Å². The lowest BCUT2D eigenvalue weighted by atomic mass is 10.0. The summed E-state index contributed by atoms with van der Waals surface area (Å²) in [7, 11) is 0. The van der Waals surface area contributed by atoms with Crippen LogP contribution < -0.4 is 14.8 Å². The maximum Gasteiger partial charge on any atom is 0.340 e. The molecule has 1 aliphatic rings. The highest BCUT2D eigenvalue weighted by molar-refractivity contribution is 6.04. The SMILES string of the molecule is CCOC(=O)c1c(C)[nH]c(C(=O)[C@H](C)Nc2ccc3c(c2)OCO3)c1C. The number of hydrogen-bond acceptors (Lipinski definition) is 6. The first kappa shape index (κ1) is 17.8. The second kappa shape index (κ2) is 7.11. The van der Waals surface area contributed by atoms with Crippen LogP contribution in [0.2, 0.25) is 0 Å². The first-order valence-electron chi connectivity index (χ1n) is 8.49. The number of esters is 1. The molecule has 138 valence electrons. The summed E-state index contributed by atoms with van der Waals surface area (Å²) in [6.45, 7) is 7.51. The van der Waals surface area contributed by atoms with Crippen molar-refractivity contribution in [1.82, 2.24) is 4.98 Å². The van der Waals surface area contributed by atoms with Gasteiger partial charge in [0.1, 0.15) is 0 Å². The van der Waals surface area contributed by atoms with E-state index in [1.54, 1.807) is 39.8 Å². The normalized spacial score (nSPS) is 13.4. The molecule has 0 bridgehead atoms. The van der Waals surface area contributed by atoms with Crippen LogP contribution in [0.1, 0.15) is 46.0 Å². The Kier molecular flexibility index (Phi) is 4.88. The minimum atomic E-state index is -0.498. The molecular formula is C19H22N2O5. The van der Waals surface area contributed by atoms with Crippen LogP contribution in [-0.4, -0.2) is 36.2 Å². The zero-order valence-electron chi connectivity index (χ0n) is 15.3. The average Bonchev–Trinajstić information content (AvgIpc) is 3.18. The van der Waals surface area contributed by atoms with Gasteiger partial charge in [0, 0.05) is 17.4 Å². The maximum absolute atomic E-state index is 12.8. The number of Topliss-reactive ketones (excluding diaryl/α,β-unsaturated/α-hetero) is 1. The summed E-state index contributed by atoms with van der Waals surface area (Å²) in [5.74, 6) is 0.767. The van der Waals surface area contributed by atoms with Crippen molar-refractivity contribution >= 4 is 17.4 Å². The largest absolute Gasteiger partial charge is 0.462 e. The van der Waals surface area contributed by atoms with Crippen molar-refractivity contribution in [2.24, 2.45) is 0 Å². The summed E-state index contributed by atoms with van der Waals surface area (Å²) in [5.41, 5.74) is 2.81. The fourth-order valence-corrected chi connectivity index (χ4v) is 3.02. The predicted octanol–water partition coefficient (Wildman–Crippen LogP) is 3.22. The van der Waals surface area contributed by atoms with E-state index in [0.29, 0.717) is 34.0 Å². The number of benzene rings is 1. The first-order chi connectivity index (χ1) is 12.4. The van der Waals surface area contributed by atoms with Gasteiger partial charge in [-0.05, 0) is 45.4 Å². The highest BCUT2D eigenvalue weighted by Crippen LogP contribution is 2.34. The first-order valence-corrected chi connectivity index (χ1v) is 8.49. The van der Waals surface area contributed by atoms with Crippen molar-refractivity contribution in [3.05, 3.63) is 40.7 Å². The van der Waals surface area contributed by atoms with Crippen molar-refractivity contribution in [3.8, 4) is 11.5 Å². The quantitative estimate of drug-likeness (QED) is 0.609. The Balaban J connectivity index is 1.78. The molecule has 0 aliphatic carbocycles. The number of carbonyl (C=O) groups excluding carboxylic acids is 2. The second-order valence-corrected chi connectivity index (χ2v) is 6.14. The Morgan fingerprint density at radius 1 is 1.27 bits per heavy atom.